The molecule has 0 fully saturated rings. The van der Waals surface area contributed by atoms with Gasteiger partial charge < -0.3 is 18.9 Å². The van der Waals surface area contributed by atoms with Crippen molar-refractivity contribution in [3.8, 4) is 11.5 Å². The summed E-state index contributed by atoms with van der Waals surface area (Å²) in [6, 6.07) is 3.56. The summed E-state index contributed by atoms with van der Waals surface area (Å²) in [6.07, 6.45) is 3.20. The van der Waals surface area contributed by atoms with Gasteiger partial charge in [-0.3, -0.25) is 13.9 Å². The molecule has 1 atom stereocenters. The number of aromatic nitrogens is 3. The second-order valence-corrected chi connectivity index (χ2v) is 11.8. The summed E-state index contributed by atoms with van der Waals surface area (Å²) >= 11 is 0. The topological polar surface area (TPSA) is 116 Å². The van der Waals surface area contributed by atoms with E-state index in [4.69, 9.17) is 9.47 Å². The summed E-state index contributed by atoms with van der Waals surface area (Å²) < 4.78 is 55.8. The standard InChI is InChI=1S/C28H34FN5O6S/c1-7-10-14-41(37,38)31(5)26-23-22(25(39-6)24-28(36)32(9-3)16-18(4)34(23)24)27(35)33(30-26)17-19-11-12-20(29)15-21(19)40-13-8-2/h7-8,11-12,15,18H,1-2,9-10,13-14,16-17H2,3-6H3/t18-/m0/s1. The van der Waals surface area contributed by atoms with Crippen LogP contribution in [-0.4, -0.2) is 73.2 Å². The molecular formula is C28H34FN5O6S. The maximum absolute atomic E-state index is 14.1. The van der Waals surface area contributed by atoms with Crippen molar-refractivity contribution in [3.05, 3.63) is 70.9 Å². The van der Waals surface area contributed by atoms with Crippen LogP contribution in [0.3, 0.4) is 0 Å². The van der Waals surface area contributed by atoms with Gasteiger partial charge in [0.05, 0.1) is 19.4 Å². The highest BCUT2D eigenvalue weighted by Gasteiger charge is 2.38. The summed E-state index contributed by atoms with van der Waals surface area (Å²) in [6.45, 7) is 11.7. The fourth-order valence-corrected chi connectivity index (χ4v) is 6.12. The van der Waals surface area contributed by atoms with Crippen LogP contribution in [0.15, 0.2) is 48.3 Å². The van der Waals surface area contributed by atoms with Crippen LogP contribution in [0.4, 0.5) is 10.2 Å². The van der Waals surface area contributed by atoms with Crippen molar-refractivity contribution in [2.45, 2.75) is 32.9 Å². The minimum absolute atomic E-state index is 0.0205. The number of amides is 1. The van der Waals surface area contributed by atoms with Crippen LogP contribution in [0.5, 0.6) is 11.5 Å². The van der Waals surface area contributed by atoms with Gasteiger partial charge in [0.1, 0.15) is 29.1 Å². The third-order valence-corrected chi connectivity index (χ3v) is 8.80. The summed E-state index contributed by atoms with van der Waals surface area (Å²) in [4.78, 5) is 29.2. The summed E-state index contributed by atoms with van der Waals surface area (Å²) in [5.74, 6) is -0.948. The Morgan fingerprint density at radius 3 is 2.61 bits per heavy atom. The average Bonchev–Trinajstić information content (AvgIpc) is 3.31. The Balaban J connectivity index is 2.06. The molecule has 3 aromatic rings. The Labute approximate surface area is 238 Å². The molecule has 0 aliphatic carbocycles. The smallest absolute Gasteiger partial charge is 0.280 e. The Hall–Kier alpha value is -4.13. The SMILES string of the molecule is C=CCCS(=O)(=O)N(C)c1nn(Cc2ccc(F)cc2OCC=C)c(=O)c2c(OC)c3n(c12)[C@@H](C)CN(CC)C3=O. The van der Waals surface area contributed by atoms with Crippen LogP contribution in [-0.2, 0) is 16.6 Å². The molecule has 11 nitrogen and oxygen atoms in total. The predicted octanol–water partition coefficient (Wildman–Crippen LogP) is 3.34. The number of likely N-dealkylation sites (N-methyl/N-ethyl adjacent to an activating group) is 1. The lowest BCUT2D eigenvalue weighted by Gasteiger charge is -2.33. The van der Waals surface area contributed by atoms with Crippen LogP contribution in [0, 0.1) is 5.82 Å². The minimum Gasteiger partial charge on any atom is -0.493 e. The first-order valence-electron chi connectivity index (χ1n) is 13.1. The number of carbonyl (C=O) groups excluding carboxylic acids is 1. The monoisotopic (exact) mass is 587 g/mol. The van der Waals surface area contributed by atoms with Gasteiger partial charge in [-0.2, -0.15) is 0 Å². The molecule has 3 heterocycles. The van der Waals surface area contributed by atoms with E-state index in [2.05, 4.69) is 18.3 Å². The highest BCUT2D eigenvalue weighted by Crippen LogP contribution is 2.41. The van der Waals surface area contributed by atoms with E-state index in [1.165, 1.54) is 44.5 Å². The number of carbonyl (C=O) groups is 1. The van der Waals surface area contributed by atoms with Gasteiger partial charge in [0.15, 0.2) is 17.3 Å². The number of methoxy groups -OCH3 is 1. The third kappa shape index (κ3) is 5.33. The average molecular weight is 588 g/mol. The molecule has 0 unspecified atom stereocenters. The minimum atomic E-state index is -3.92. The molecule has 220 valence electrons. The molecule has 1 aromatic carbocycles. The largest absolute Gasteiger partial charge is 0.493 e. The van der Waals surface area contributed by atoms with E-state index < -0.39 is 21.4 Å². The lowest BCUT2D eigenvalue weighted by Crippen LogP contribution is -2.42. The summed E-state index contributed by atoms with van der Waals surface area (Å²) in [5, 5.41) is 4.54. The van der Waals surface area contributed by atoms with Crippen LogP contribution < -0.4 is 19.3 Å². The summed E-state index contributed by atoms with van der Waals surface area (Å²) in [5.41, 5.74) is 0.146. The molecule has 2 aromatic heterocycles. The second-order valence-electron chi connectivity index (χ2n) is 9.67. The highest BCUT2D eigenvalue weighted by molar-refractivity contribution is 7.92. The quantitative estimate of drug-likeness (QED) is 0.299. The van der Waals surface area contributed by atoms with E-state index in [0.29, 0.717) is 18.7 Å². The van der Waals surface area contributed by atoms with Gasteiger partial charge in [-0.15, -0.1) is 11.7 Å². The number of nitrogens with zero attached hydrogens (tertiary/aromatic N) is 5. The fourth-order valence-electron chi connectivity index (χ4n) is 4.99. The van der Waals surface area contributed by atoms with E-state index in [9.17, 15) is 22.4 Å². The van der Waals surface area contributed by atoms with Crippen molar-refractivity contribution in [1.82, 2.24) is 19.2 Å². The van der Waals surface area contributed by atoms with E-state index in [1.54, 1.807) is 9.47 Å². The molecular weight excluding hydrogens is 553 g/mol. The molecule has 0 radical (unpaired) electrons. The lowest BCUT2D eigenvalue weighted by atomic mass is 10.2. The van der Waals surface area contributed by atoms with Crippen molar-refractivity contribution < 1.29 is 27.1 Å². The first-order valence-corrected chi connectivity index (χ1v) is 14.7. The van der Waals surface area contributed by atoms with Gasteiger partial charge in [0.25, 0.3) is 11.5 Å². The Morgan fingerprint density at radius 1 is 1.24 bits per heavy atom. The van der Waals surface area contributed by atoms with Crippen LogP contribution >= 0.6 is 0 Å². The van der Waals surface area contributed by atoms with Crippen molar-refractivity contribution in [2.75, 3.05) is 43.9 Å². The molecule has 1 aliphatic heterocycles. The van der Waals surface area contributed by atoms with Gasteiger partial charge in [-0.05, 0) is 26.3 Å². The maximum Gasteiger partial charge on any atom is 0.280 e. The molecule has 0 saturated carbocycles. The zero-order valence-corrected chi connectivity index (χ0v) is 24.4. The van der Waals surface area contributed by atoms with Gasteiger partial charge >= 0.3 is 0 Å². The maximum atomic E-state index is 14.1. The number of allylic oxidation sites excluding steroid dienone is 1. The number of halogens is 1. The molecule has 13 heteroatoms. The number of benzene rings is 1. The predicted molar refractivity (Wildman–Crippen MR) is 155 cm³/mol. The van der Waals surface area contributed by atoms with Gasteiger partial charge in [-0.1, -0.05) is 24.8 Å². The number of sulfonamides is 1. The number of hydrogen-bond donors (Lipinski definition) is 0. The van der Waals surface area contributed by atoms with Crippen molar-refractivity contribution in [2.24, 2.45) is 0 Å². The highest BCUT2D eigenvalue weighted by atomic mass is 32.2. The van der Waals surface area contributed by atoms with Crippen LogP contribution in [0.2, 0.25) is 0 Å². The Bertz CT molecular complexity index is 1680. The second kappa shape index (κ2) is 11.8. The zero-order chi connectivity index (χ0) is 30.1. The van der Waals surface area contributed by atoms with E-state index >= 15 is 0 Å². The van der Waals surface area contributed by atoms with Crippen molar-refractivity contribution in [1.29, 1.82) is 0 Å². The number of hydrogen-bond acceptors (Lipinski definition) is 7. The molecule has 1 amide bonds. The van der Waals surface area contributed by atoms with Gasteiger partial charge in [0.2, 0.25) is 10.0 Å². The third-order valence-electron chi connectivity index (χ3n) is 7.04. The molecule has 0 spiro atoms. The number of ether oxygens (including phenoxy) is 2. The van der Waals surface area contributed by atoms with Crippen molar-refractivity contribution >= 4 is 32.7 Å². The van der Waals surface area contributed by atoms with Crippen molar-refractivity contribution in [3.63, 3.8) is 0 Å². The first-order chi connectivity index (χ1) is 19.5. The normalized spacial score (nSPS) is 15.1. The van der Waals surface area contributed by atoms with Crippen LogP contribution in [0.1, 0.15) is 42.4 Å². The molecule has 41 heavy (non-hydrogen) atoms. The first kappa shape index (κ1) is 29.8. The molecule has 0 N–H and O–H groups in total. The van der Waals surface area contributed by atoms with Crippen LogP contribution in [0.25, 0.3) is 10.9 Å². The van der Waals surface area contributed by atoms with Gasteiger partial charge in [-0.25, -0.2) is 17.5 Å². The number of rotatable bonds is 12. The molecule has 4 rings (SSSR count). The molecule has 0 bridgehead atoms. The van der Waals surface area contributed by atoms with E-state index in [1.807, 2.05) is 13.8 Å². The lowest BCUT2D eigenvalue weighted by molar-refractivity contribution is 0.0685. The molecule has 1 aliphatic rings. The Kier molecular flexibility index (Phi) is 8.57. The molecule has 0 saturated heterocycles. The fraction of sp³-hybridized carbons (Fsp3) is 0.393. The van der Waals surface area contributed by atoms with E-state index in [-0.39, 0.29) is 71.2 Å². The summed E-state index contributed by atoms with van der Waals surface area (Å²) in [7, 11) is -1.21. The van der Waals surface area contributed by atoms with E-state index in [0.717, 1.165) is 8.99 Å². The Morgan fingerprint density at radius 2 is 1.98 bits per heavy atom. The van der Waals surface area contributed by atoms with Gasteiger partial charge in [0, 0.05) is 37.8 Å². The number of anilines is 1. The zero-order valence-electron chi connectivity index (χ0n) is 23.6. The number of fused-ring (bicyclic) bond motifs is 3.